The summed E-state index contributed by atoms with van der Waals surface area (Å²) >= 11 is 3.56. The van der Waals surface area contributed by atoms with Crippen molar-refractivity contribution < 1.29 is 5.11 Å². The third kappa shape index (κ3) is 3.58. The van der Waals surface area contributed by atoms with Crippen molar-refractivity contribution in [1.29, 1.82) is 0 Å². The number of hydrogen-bond acceptors (Lipinski definition) is 2. The molecule has 0 amide bonds. The van der Waals surface area contributed by atoms with Crippen LogP contribution in [0, 0.1) is 6.92 Å². The smallest absolute Gasteiger partial charge is 0.0610 e. The van der Waals surface area contributed by atoms with E-state index in [0.29, 0.717) is 0 Å². The summed E-state index contributed by atoms with van der Waals surface area (Å²) in [6.45, 7) is 7.12. The van der Waals surface area contributed by atoms with Crippen LogP contribution in [0.2, 0.25) is 0 Å². The maximum Gasteiger partial charge on any atom is 0.0610 e. The van der Waals surface area contributed by atoms with Crippen LogP contribution in [0.4, 0.5) is 0 Å². The van der Waals surface area contributed by atoms with E-state index < -0.39 is 0 Å². The fourth-order valence-corrected chi connectivity index (χ4v) is 2.03. The maximum absolute atomic E-state index is 9.30. The van der Waals surface area contributed by atoms with Crippen molar-refractivity contribution in [3.8, 4) is 0 Å². The van der Waals surface area contributed by atoms with Gasteiger partial charge in [0.25, 0.3) is 0 Å². The van der Waals surface area contributed by atoms with Crippen molar-refractivity contribution in [2.75, 3.05) is 6.61 Å². The molecule has 0 aliphatic heterocycles. The van der Waals surface area contributed by atoms with E-state index in [-0.39, 0.29) is 12.1 Å². The molecule has 2 nitrogen and oxygen atoms in total. The molecule has 0 heterocycles. The quantitative estimate of drug-likeness (QED) is 0.872. The van der Waals surface area contributed by atoms with Crippen LogP contribution in [0.15, 0.2) is 22.7 Å². The first kappa shape index (κ1) is 13.7. The van der Waals surface area contributed by atoms with Gasteiger partial charge in [0.2, 0.25) is 0 Å². The van der Waals surface area contributed by atoms with E-state index in [9.17, 15) is 5.11 Å². The normalized spacial score (nSPS) is 14.8. The van der Waals surface area contributed by atoms with Crippen LogP contribution in [0.5, 0.6) is 0 Å². The average Bonchev–Trinajstić information content (AvgIpc) is 2.27. The highest BCUT2D eigenvalue weighted by Gasteiger charge is 2.19. The van der Waals surface area contributed by atoms with Crippen molar-refractivity contribution in [1.82, 2.24) is 5.32 Å². The molecule has 0 aliphatic carbocycles. The monoisotopic (exact) mass is 285 g/mol. The summed E-state index contributed by atoms with van der Waals surface area (Å²) in [6, 6.07) is 6.32. The summed E-state index contributed by atoms with van der Waals surface area (Å²) in [5, 5.41) is 12.7. The van der Waals surface area contributed by atoms with Crippen molar-refractivity contribution in [3.63, 3.8) is 0 Å². The van der Waals surface area contributed by atoms with Crippen LogP contribution >= 0.6 is 15.9 Å². The fourth-order valence-electron chi connectivity index (χ4n) is 1.40. The van der Waals surface area contributed by atoms with Gasteiger partial charge < -0.3 is 10.4 Å². The molecule has 0 aromatic heterocycles. The predicted octanol–water partition coefficient (Wildman–Crippen LogP) is 3.01. The van der Waals surface area contributed by atoms with Gasteiger partial charge in [-0.1, -0.05) is 35.0 Å². The highest BCUT2D eigenvalue weighted by molar-refractivity contribution is 9.10. The Morgan fingerprint density at radius 1 is 1.44 bits per heavy atom. The van der Waals surface area contributed by atoms with Crippen LogP contribution < -0.4 is 5.32 Å². The van der Waals surface area contributed by atoms with Gasteiger partial charge in [-0.25, -0.2) is 0 Å². The zero-order valence-corrected chi connectivity index (χ0v) is 11.8. The highest BCUT2D eigenvalue weighted by Crippen LogP contribution is 2.19. The number of benzene rings is 1. The third-order valence-electron chi connectivity index (χ3n) is 3.04. The molecular formula is C13H20BrNO. The molecule has 0 aliphatic rings. The predicted molar refractivity (Wildman–Crippen MR) is 71.5 cm³/mol. The molecule has 16 heavy (non-hydrogen) atoms. The average molecular weight is 286 g/mol. The lowest BCUT2D eigenvalue weighted by Crippen LogP contribution is -2.44. The van der Waals surface area contributed by atoms with E-state index in [0.717, 1.165) is 17.4 Å². The Hall–Kier alpha value is -0.380. The van der Waals surface area contributed by atoms with E-state index >= 15 is 0 Å². The standard InChI is InChI=1S/C13H20BrNO/c1-4-13(3,9-16)15-8-11-6-5-10(2)7-12(11)14/h5-7,15-16H,4,8-9H2,1-3H3. The van der Waals surface area contributed by atoms with E-state index in [1.807, 2.05) is 6.92 Å². The van der Waals surface area contributed by atoms with E-state index in [4.69, 9.17) is 0 Å². The third-order valence-corrected chi connectivity index (χ3v) is 3.78. The molecule has 0 saturated carbocycles. The van der Waals surface area contributed by atoms with Gasteiger partial charge >= 0.3 is 0 Å². The number of rotatable bonds is 5. The summed E-state index contributed by atoms with van der Waals surface area (Å²) in [5.74, 6) is 0. The van der Waals surface area contributed by atoms with Crippen molar-refractivity contribution >= 4 is 15.9 Å². The lowest BCUT2D eigenvalue weighted by atomic mass is 10.00. The van der Waals surface area contributed by atoms with Gasteiger partial charge in [-0.3, -0.25) is 0 Å². The Bertz CT molecular complexity index is 348. The summed E-state index contributed by atoms with van der Waals surface area (Å²) in [5.41, 5.74) is 2.28. The van der Waals surface area contributed by atoms with Crippen molar-refractivity contribution in [2.24, 2.45) is 0 Å². The molecule has 90 valence electrons. The summed E-state index contributed by atoms with van der Waals surface area (Å²) in [4.78, 5) is 0. The molecule has 3 heteroatoms. The first-order valence-electron chi connectivity index (χ1n) is 5.61. The van der Waals surface area contributed by atoms with Crippen LogP contribution in [-0.2, 0) is 6.54 Å². The molecule has 1 rings (SSSR count). The Labute approximate surface area is 106 Å². The molecule has 0 spiro atoms. The molecular weight excluding hydrogens is 266 g/mol. The minimum absolute atomic E-state index is 0.160. The Kier molecular flexibility index (Phi) is 4.96. The SMILES string of the molecule is CCC(C)(CO)NCc1ccc(C)cc1Br. The molecule has 1 aromatic carbocycles. The molecule has 0 radical (unpaired) electrons. The maximum atomic E-state index is 9.30. The molecule has 1 atom stereocenters. The van der Waals surface area contributed by atoms with E-state index in [2.05, 4.69) is 53.3 Å². The molecule has 0 fully saturated rings. The van der Waals surface area contributed by atoms with Gasteiger partial charge in [0, 0.05) is 16.6 Å². The van der Waals surface area contributed by atoms with Crippen molar-refractivity contribution in [3.05, 3.63) is 33.8 Å². The molecule has 2 N–H and O–H groups in total. The fraction of sp³-hybridized carbons (Fsp3) is 0.538. The number of aryl methyl sites for hydroxylation is 1. The Balaban J connectivity index is 2.67. The van der Waals surface area contributed by atoms with Gasteiger partial charge in [0.15, 0.2) is 0 Å². The van der Waals surface area contributed by atoms with E-state index in [1.54, 1.807) is 0 Å². The van der Waals surface area contributed by atoms with Gasteiger partial charge in [-0.15, -0.1) is 0 Å². The topological polar surface area (TPSA) is 32.3 Å². The highest BCUT2D eigenvalue weighted by atomic mass is 79.9. The second-order valence-corrected chi connectivity index (χ2v) is 5.38. The van der Waals surface area contributed by atoms with Crippen LogP contribution in [0.3, 0.4) is 0 Å². The first-order chi connectivity index (χ1) is 7.50. The summed E-state index contributed by atoms with van der Waals surface area (Å²) in [7, 11) is 0. The number of aliphatic hydroxyl groups is 1. The minimum Gasteiger partial charge on any atom is -0.394 e. The molecule has 1 aromatic rings. The van der Waals surface area contributed by atoms with E-state index in [1.165, 1.54) is 11.1 Å². The van der Waals surface area contributed by atoms with Crippen LogP contribution in [0.25, 0.3) is 0 Å². The van der Waals surface area contributed by atoms with Gasteiger partial charge in [0.1, 0.15) is 0 Å². The zero-order chi connectivity index (χ0) is 12.2. The number of hydrogen-bond donors (Lipinski definition) is 2. The summed E-state index contributed by atoms with van der Waals surface area (Å²) < 4.78 is 1.12. The zero-order valence-electron chi connectivity index (χ0n) is 10.2. The largest absolute Gasteiger partial charge is 0.394 e. The first-order valence-corrected chi connectivity index (χ1v) is 6.41. The lowest BCUT2D eigenvalue weighted by Gasteiger charge is -2.27. The van der Waals surface area contributed by atoms with Crippen LogP contribution in [-0.4, -0.2) is 17.3 Å². The Morgan fingerprint density at radius 2 is 2.12 bits per heavy atom. The van der Waals surface area contributed by atoms with Gasteiger partial charge in [-0.2, -0.15) is 0 Å². The van der Waals surface area contributed by atoms with Crippen molar-refractivity contribution in [2.45, 2.75) is 39.3 Å². The molecule has 1 unspecified atom stereocenters. The summed E-state index contributed by atoms with van der Waals surface area (Å²) in [6.07, 6.45) is 0.910. The number of nitrogens with one attached hydrogen (secondary N) is 1. The lowest BCUT2D eigenvalue weighted by molar-refractivity contribution is 0.169. The molecule has 0 saturated heterocycles. The second kappa shape index (κ2) is 5.80. The van der Waals surface area contributed by atoms with Gasteiger partial charge in [0.05, 0.1) is 6.61 Å². The second-order valence-electron chi connectivity index (χ2n) is 4.52. The van der Waals surface area contributed by atoms with Gasteiger partial charge in [-0.05, 0) is 37.5 Å². The Morgan fingerprint density at radius 3 is 2.62 bits per heavy atom. The minimum atomic E-state index is -0.190. The number of halogens is 1. The molecule has 0 bridgehead atoms. The number of aliphatic hydroxyl groups excluding tert-OH is 1. The van der Waals surface area contributed by atoms with Crippen LogP contribution in [0.1, 0.15) is 31.4 Å².